The van der Waals surface area contributed by atoms with E-state index in [1.165, 1.54) is 65.5 Å². The molecule has 376 valence electrons. The number of nitrogens with one attached hydrogen (secondary N) is 1. The molecule has 0 aliphatic carbocycles. The summed E-state index contributed by atoms with van der Waals surface area (Å²) in [5.41, 5.74) is 0.351. The number of aliphatic hydroxyl groups is 2. The Morgan fingerprint density at radius 3 is 2.29 bits per heavy atom. The van der Waals surface area contributed by atoms with Gasteiger partial charge in [0.2, 0.25) is 5.95 Å². The lowest BCUT2D eigenvalue weighted by atomic mass is 9.78. The number of likely N-dealkylation sites (N-methyl/N-ethyl adjacent to an activating group) is 1. The Kier molecular flexibility index (Phi) is 16.6. The number of aromatic hydroxyl groups is 3. The first kappa shape index (κ1) is 52.8. The maximum atomic E-state index is 14.4. The number of Topliss-reactive ketones (excluding diaryl/α,β-unsaturated/α-hetero) is 1. The number of allylic oxidation sites excluding steroid dienone is 2. The number of ether oxygens (including phenoxy) is 4. The van der Waals surface area contributed by atoms with Crippen LogP contribution in [0, 0.1) is 36.5 Å². The van der Waals surface area contributed by atoms with Crippen molar-refractivity contribution in [2.24, 2.45) is 28.8 Å². The lowest BCUT2D eigenvalue weighted by molar-refractivity contribution is -0.160. The minimum Gasteiger partial charge on any atom is -0.507 e. The SMILES string of the molecule is CO[C@H]1/C=C/O[C@@]2(C)Oc3c(C)c(O)c4c(O)c(c(/C=N/N5CCN(C)CC5)c(O)c4c3C2=O)NC(=O)/C(C)=C\C=C\[C@H](C)[C@H](O)[C@@H](C)[C@@H](O)[C@@H](C)[C@H](OC(C)=O)[C@@H]1C.Fc1ccc2ccccc2n1. The molecule has 0 spiro atoms. The van der Waals surface area contributed by atoms with Gasteiger partial charge in [0.15, 0.2) is 5.75 Å². The average Bonchev–Trinajstić information content (AvgIpc) is 3.60. The molecule has 6 N–H and O–H groups in total. The van der Waals surface area contributed by atoms with Crippen molar-refractivity contribution in [3.8, 4) is 23.0 Å². The van der Waals surface area contributed by atoms with Crippen LogP contribution in [0.15, 0.2) is 77.6 Å². The number of aromatic nitrogens is 1. The molecule has 3 aromatic carbocycles. The second kappa shape index (κ2) is 22.0. The van der Waals surface area contributed by atoms with Gasteiger partial charge >= 0.3 is 11.8 Å². The van der Waals surface area contributed by atoms with E-state index in [0.717, 1.165) is 18.5 Å². The average molecular weight is 970 g/mol. The third kappa shape index (κ3) is 11.0. The van der Waals surface area contributed by atoms with E-state index in [1.807, 2.05) is 25.2 Å². The summed E-state index contributed by atoms with van der Waals surface area (Å²) >= 11 is 0. The molecule has 4 aliphatic heterocycles. The third-order valence-electron chi connectivity index (χ3n) is 13.4. The van der Waals surface area contributed by atoms with Crippen LogP contribution >= 0.6 is 0 Å². The summed E-state index contributed by atoms with van der Waals surface area (Å²) in [7, 11) is 3.42. The highest BCUT2D eigenvalue weighted by Gasteiger charge is 2.50. The lowest BCUT2D eigenvalue weighted by Gasteiger charge is -2.38. The molecule has 1 amide bonds. The van der Waals surface area contributed by atoms with Crippen LogP contribution in [0.5, 0.6) is 23.0 Å². The number of carbonyl (C=O) groups excluding carboxylic acids is 3. The largest absolute Gasteiger partial charge is 0.507 e. The molecule has 4 aromatic rings. The van der Waals surface area contributed by atoms with Gasteiger partial charge in [-0.2, -0.15) is 9.49 Å². The summed E-state index contributed by atoms with van der Waals surface area (Å²) < 4.78 is 36.1. The number of hydrogen-bond acceptors (Lipinski definition) is 16. The number of phenolic OH excluding ortho intramolecular Hbond substituents is 3. The van der Waals surface area contributed by atoms with Gasteiger partial charge < -0.3 is 54.7 Å². The summed E-state index contributed by atoms with van der Waals surface area (Å²) in [6.45, 7) is 15.1. The first-order valence-electron chi connectivity index (χ1n) is 23.2. The Balaban J connectivity index is 0.000000635. The number of phenols is 3. The van der Waals surface area contributed by atoms with Crippen molar-refractivity contribution in [3.63, 3.8) is 0 Å². The number of amides is 1. The van der Waals surface area contributed by atoms with Crippen LogP contribution in [0.3, 0.4) is 0 Å². The zero-order chi connectivity index (χ0) is 51.4. The number of carbonyl (C=O) groups is 3. The minimum atomic E-state index is -2.04. The predicted molar refractivity (Wildman–Crippen MR) is 262 cm³/mol. The smallest absolute Gasteiger partial charge is 0.312 e. The van der Waals surface area contributed by atoms with Crippen LogP contribution in [0.4, 0.5) is 10.1 Å². The Hall–Kier alpha value is -6.60. The molecule has 70 heavy (non-hydrogen) atoms. The minimum absolute atomic E-state index is 0.0559. The van der Waals surface area contributed by atoms with Crippen LogP contribution < -0.4 is 10.1 Å². The van der Waals surface area contributed by atoms with Gasteiger partial charge in [-0.15, -0.1) is 0 Å². The van der Waals surface area contributed by atoms with Crippen LogP contribution in [0.2, 0.25) is 0 Å². The van der Waals surface area contributed by atoms with Crippen LogP contribution in [0.25, 0.3) is 21.7 Å². The summed E-state index contributed by atoms with van der Waals surface area (Å²) in [5.74, 6) is -8.77. The van der Waals surface area contributed by atoms with Crippen molar-refractivity contribution in [1.82, 2.24) is 14.9 Å². The highest BCUT2D eigenvalue weighted by Crippen LogP contribution is 2.55. The quantitative estimate of drug-likeness (QED) is 0.0410. The molecule has 9 atom stereocenters. The molecule has 0 radical (unpaired) electrons. The van der Waals surface area contributed by atoms with Crippen molar-refractivity contribution < 1.29 is 63.3 Å². The number of hydrogen-bond donors (Lipinski definition) is 6. The number of nitrogens with zero attached hydrogens (tertiary/aromatic N) is 4. The van der Waals surface area contributed by atoms with Gasteiger partial charge in [0.05, 0.1) is 58.5 Å². The number of rotatable bonds is 4. The number of halogens is 1. The predicted octanol–water partition coefficient (Wildman–Crippen LogP) is 6.71. The number of pyridine rings is 1. The summed E-state index contributed by atoms with van der Waals surface area (Å²) in [6, 6.07) is 10.5. The highest BCUT2D eigenvalue weighted by atomic mass is 19.1. The van der Waals surface area contributed by atoms with Crippen LogP contribution in [-0.2, 0) is 23.8 Å². The number of ketones is 1. The van der Waals surface area contributed by atoms with E-state index in [-0.39, 0.29) is 44.5 Å². The fraction of sp³-hybridized carbons (Fsp3) is 0.442. The van der Waals surface area contributed by atoms with Crippen molar-refractivity contribution in [3.05, 3.63) is 95.2 Å². The molecule has 5 heterocycles. The number of hydrazone groups is 1. The van der Waals surface area contributed by atoms with Gasteiger partial charge in [0.1, 0.15) is 23.4 Å². The number of aliphatic hydroxyl groups excluding tert-OH is 2. The number of anilines is 1. The number of methoxy groups -OCH3 is 1. The zero-order valence-electron chi connectivity index (χ0n) is 41.1. The zero-order valence-corrected chi connectivity index (χ0v) is 41.1. The number of piperazine rings is 1. The molecule has 17 nitrogen and oxygen atoms in total. The molecule has 1 saturated heterocycles. The standard InChI is InChI=1S/C43H58N4O12.C9H6FN/c1-21-12-11-13-22(2)42(55)45-33-28(20-44-47-17-15-46(9)16-18-47)37(52)30-31(38(33)53)36(51)26(6)40-32(30)41(54)43(8,59-40)57-19-14-29(56-10)23(3)39(58-27(7)48)25(5)35(50)24(4)34(21)49;10-9-6-5-7-3-1-2-4-8(7)11-9/h11-14,19-21,23-25,29,34-35,39,49-53H,15-18H2,1-10H3,(H,45,55);1-6H/b12-11+,19-14+,22-13-,44-20+;/t21-,23+,24+,25+,29-,34-,35+,39+,43-;/m0./s1. The Morgan fingerprint density at radius 1 is 0.929 bits per heavy atom. The van der Waals surface area contributed by atoms with Gasteiger partial charge in [-0.3, -0.25) is 19.4 Å². The third-order valence-corrected chi connectivity index (χ3v) is 13.4. The number of para-hydroxylation sites is 1. The van der Waals surface area contributed by atoms with Crippen molar-refractivity contribution in [2.45, 2.75) is 85.6 Å². The topological polar surface area (TPSA) is 233 Å². The van der Waals surface area contributed by atoms with Crippen LogP contribution in [-0.4, -0.2) is 135 Å². The molecule has 18 heteroatoms. The molecular weight excluding hydrogens is 906 g/mol. The Morgan fingerprint density at radius 2 is 1.61 bits per heavy atom. The number of benzene rings is 3. The summed E-state index contributed by atoms with van der Waals surface area (Å²) in [5, 5.41) is 67.8. The normalized spacial score (nSPS) is 28.6. The summed E-state index contributed by atoms with van der Waals surface area (Å²) in [6.07, 6.45) is 4.86. The van der Waals surface area contributed by atoms with Crippen molar-refractivity contribution in [1.29, 1.82) is 0 Å². The second-order valence-corrected chi connectivity index (χ2v) is 18.4. The molecular formula is C52H64FN5O12. The molecule has 1 aromatic heterocycles. The Bertz CT molecular complexity index is 2740. The summed E-state index contributed by atoms with van der Waals surface area (Å²) in [4.78, 5) is 46.3. The number of esters is 1. The molecule has 4 aliphatic rings. The maximum Gasteiger partial charge on any atom is 0.312 e. The van der Waals surface area contributed by atoms with Crippen molar-refractivity contribution in [2.75, 3.05) is 45.7 Å². The molecule has 1 fully saturated rings. The fourth-order valence-electron chi connectivity index (χ4n) is 8.96. The molecule has 8 rings (SSSR count). The van der Waals surface area contributed by atoms with Gasteiger partial charge in [0, 0.05) is 92.7 Å². The fourth-order valence-corrected chi connectivity index (χ4v) is 8.96. The van der Waals surface area contributed by atoms with Gasteiger partial charge in [-0.1, -0.05) is 64.1 Å². The van der Waals surface area contributed by atoms with Gasteiger partial charge in [-0.05, 0) is 45.2 Å². The van der Waals surface area contributed by atoms with E-state index in [1.54, 1.807) is 57.0 Å². The first-order chi connectivity index (χ1) is 33.1. The van der Waals surface area contributed by atoms with Gasteiger partial charge in [0.25, 0.3) is 11.7 Å². The Labute approximate surface area is 406 Å². The monoisotopic (exact) mass is 969 g/mol. The van der Waals surface area contributed by atoms with E-state index in [0.29, 0.717) is 18.6 Å². The molecule has 5 bridgehead atoms. The molecule has 0 saturated carbocycles. The number of fused-ring (bicyclic) bond motifs is 15. The molecule has 0 unspecified atom stereocenters. The van der Waals surface area contributed by atoms with Gasteiger partial charge in [-0.25, -0.2) is 4.98 Å². The van der Waals surface area contributed by atoms with E-state index >= 15 is 0 Å². The van der Waals surface area contributed by atoms with Crippen LogP contribution in [0.1, 0.15) is 70.0 Å². The highest BCUT2D eigenvalue weighted by molar-refractivity contribution is 6.23. The first-order valence-corrected chi connectivity index (χ1v) is 23.2. The lowest BCUT2D eigenvalue weighted by Crippen LogP contribution is -2.46. The van der Waals surface area contributed by atoms with E-state index in [2.05, 4.69) is 20.3 Å². The van der Waals surface area contributed by atoms with E-state index in [4.69, 9.17) is 18.9 Å². The van der Waals surface area contributed by atoms with E-state index < -0.39 is 94.7 Å². The maximum absolute atomic E-state index is 14.4. The van der Waals surface area contributed by atoms with Crippen molar-refractivity contribution >= 4 is 51.2 Å². The van der Waals surface area contributed by atoms with E-state index in [9.17, 15) is 44.3 Å². The second-order valence-electron chi connectivity index (χ2n) is 18.4.